The molecule has 0 saturated heterocycles. The van der Waals surface area contributed by atoms with Crippen LogP contribution in [-0.4, -0.2) is 40.8 Å². The number of rotatable bonds is 8. The SMILES string of the molecule is CCOc1ccccc1OCC(=O)N(C)Cc1cnn(-c2ccccc2)c1. The van der Waals surface area contributed by atoms with Crippen LogP contribution in [0.25, 0.3) is 5.69 Å². The number of aromatic nitrogens is 2. The van der Waals surface area contributed by atoms with Crippen molar-refractivity contribution in [1.82, 2.24) is 14.7 Å². The highest BCUT2D eigenvalue weighted by molar-refractivity contribution is 5.77. The van der Waals surface area contributed by atoms with Gasteiger partial charge in [-0.25, -0.2) is 4.68 Å². The molecule has 6 heteroatoms. The van der Waals surface area contributed by atoms with E-state index in [1.54, 1.807) is 28.9 Å². The summed E-state index contributed by atoms with van der Waals surface area (Å²) in [4.78, 5) is 14.0. The van der Waals surface area contributed by atoms with Gasteiger partial charge in [0.2, 0.25) is 0 Å². The van der Waals surface area contributed by atoms with Crippen LogP contribution in [0.1, 0.15) is 12.5 Å². The lowest BCUT2D eigenvalue weighted by molar-refractivity contribution is -0.132. The van der Waals surface area contributed by atoms with Crippen LogP contribution in [0, 0.1) is 0 Å². The zero-order valence-corrected chi connectivity index (χ0v) is 15.5. The molecular weight excluding hydrogens is 342 g/mol. The Balaban J connectivity index is 1.56. The van der Waals surface area contributed by atoms with Crippen LogP contribution in [0.4, 0.5) is 0 Å². The summed E-state index contributed by atoms with van der Waals surface area (Å²) >= 11 is 0. The van der Waals surface area contributed by atoms with Gasteiger partial charge in [0.15, 0.2) is 18.1 Å². The fourth-order valence-corrected chi connectivity index (χ4v) is 2.62. The number of carbonyl (C=O) groups excluding carboxylic acids is 1. The van der Waals surface area contributed by atoms with E-state index in [4.69, 9.17) is 9.47 Å². The zero-order chi connectivity index (χ0) is 19.1. The summed E-state index contributed by atoms with van der Waals surface area (Å²) in [7, 11) is 1.75. The van der Waals surface area contributed by atoms with Gasteiger partial charge in [0, 0.05) is 25.4 Å². The molecule has 1 heterocycles. The molecule has 0 N–H and O–H groups in total. The van der Waals surface area contributed by atoms with Crippen LogP contribution < -0.4 is 9.47 Å². The van der Waals surface area contributed by atoms with Crippen molar-refractivity contribution in [3.8, 4) is 17.2 Å². The van der Waals surface area contributed by atoms with Crippen LogP contribution >= 0.6 is 0 Å². The number of ether oxygens (including phenoxy) is 2. The van der Waals surface area contributed by atoms with Gasteiger partial charge in [0.05, 0.1) is 18.5 Å². The third-order valence-electron chi connectivity index (χ3n) is 4.00. The molecule has 0 aliphatic heterocycles. The Labute approximate surface area is 158 Å². The first kappa shape index (κ1) is 18.5. The highest BCUT2D eigenvalue weighted by atomic mass is 16.5. The lowest BCUT2D eigenvalue weighted by Crippen LogP contribution is -2.30. The van der Waals surface area contributed by atoms with Gasteiger partial charge in [0.25, 0.3) is 5.91 Å². The van der Waals surface area contributed by atoms with Crippen molar-refractivity contribution in [2.45, 2.75) is 13.5 Å². The Kier molecular flexibility index (Phi) is 6.10. The van der Waals surface area contributed by atoms with E-state index in [1.165, 1.54) is 0 Å². The second-order valence-corrected chi connectivity index (χ2v) is 6.05. The minimum absolute atomic E-state index is 0.0482. The van der Waals surface area contributed by atoms with E-state index in [0.29, 0.717) is 24.7 Å². The number of hydrogen-bond donors (Lipinski definition) is 0. The lowest BCUT2D eigenvalue weighted by Gasteiger charge is -2.17. The summed E-state index contributed by atoms with van der Waals surface area (Å²) in [6.45, 7) is 2.86. The minimum atomic E-state index is -0.117. The molecule has 3 rings (SSSR count). The number of benzene rings is 2. The summed E-state index contributed by atoms with van der Waals surface area (Å²) in [5.74, 6) is 1.09. The molecule has 0 aliphatic rings. The van der Waals surface area contributed by atoms with Gasteiger partial charge in [-0.05, 0) is 31.2 Å². The Hall–Kier alpha value is -3.28. The zero-order valence-electron chi connectivity index (χ0n) is 15.5. The van der Waals surface area contributed by atoms with Gasteiger partial charge in [0.1, 0.15) is 0 Å². The van der Waals surface area contributed by atoms with Crippen LogP contribution in [0.3, 0.4) is 0 Å². The topological polar surface area (TPSA) is 56.6 Å². The average Bonchev–Trinajstić information content (AvgIpc) is 3.16. The molecule has 140 valence electrons. The molecule has 6 nitrogen and oxygen atoms in total. The van der Waals surface area contributed by atoms with E-state index in [2.05, 4.69) is 5.10 Å². The summed E-state index contributed by atoms with van der Waals surface area (Å²) in [5, 5.41) is 4.36. The molecule has 0 bridgehead atoms. The highest BCUT2D eigenvalue weighted by Gasteiger charge is 2.13. The first-order chi connectivity index (χ1) is 13.2. The van der Waals surface area contributed by atoms with E-state index >= 15 is 0 Å². The molecule has 0 radical (unpaired) electrons. The number of nitrogens with zero attached hydrogens (tertiary/aromatic N) is 3. The summed E-state index contributed by atoms with van der Waals surface area (Å²) in [6.07, 6.45) is 3.69. The molecule has 0 aliphatic carbocycles. The molecular formula is C21H23N3O3. The molecule has 27 heavy (non-hydrogen) atoms. The molecule has 1 amide bonds. The first-order valence-corrected chi connectivity index (χ1v) is 8.85. The maximum Gasteiger partial charge on any atom is 0.260 e. The quantitative estimate of drug-likeness (QED) is 0.615. The Bertz CT molecular complexity index is 877. The van der Waals surface area contributed by atoms with Gasteiger partial charge < -0.3 is 14.4 Å². The largest absolute Gasteiger partial charge is 0.490 e. The Morgan fingerprint density at radius 1 is 1.04 bits per heavy atom. The Morgan fingerprint density at radius 3 is 2.41 bits per heavy atom. The molecule has 0 unspecified atom stereocenters. The average molecular weight is 365 g/mol. The maximum absolute atomic E-state index is 12.4. The summed E-state index contributed by atoms with van der Waals surface area (Å²) in [5.41, 5.74) is 1.93. The first-order valence-electron chi connectivity index (χ1n) is 8.85. The van der Waals surface area contributed by atoms with Crippen molar-refractivity contribution >= 4 is 5.91 Å². The van der Waals surface area contributed by atoms with E-state index in [-0.39, 0.29) is 12.5 Å². The monoisotopic (exact) mass is 365 g/mol. The molecule has 1 aromatic heterocycles. The van der Waals surface area contributed by atoms with Crippen LogP contribution in [0.2, 0.25) is 0 Å². The van der Waals surface area contributed by atoms with E-state index < -0.39 is 0 Å². The van der Waals surface area contributed by atoms with Gasteiger partial charge in [-0.3, -0.25) is 4.79 Å². The number of amides is 1. The molecule has 0 fully saturated rings. The molecule has 3 aromatic rings. The molecule has 2 aromatic carbocycles. The molecule has 0 atom stereocenters. The van der Waals surface area contributed by atoms with Crippen LogP contribution in [0.5, 0.6) is 11.5 Å². The number of carbonyl (C=O) groups is 1. The number of hydrogen-bond acceptors (Lipinski definition) is 4. The number of para-hydroxylation sites is 3. The summed E-state index contributed by atoms with van der Waals surface area (Å²) < 4.78 is 13.0. The summed E-state index contributed by atoms with van der Waals surface area (Å²) in [6, 6.07) is 17.2. The van der Waals surface area contributed by atoms with Crippen LogP contribution in [0.15, 0.2) is 67.0 Å². The second-order valence-electron chi connectivity index (χ2n) is 6.05. The second kappa shape index (κ2) is 8.89. The normalized spacial score (nSPS) is 10.4. The fourth-order valence-electron chi connectivity index (χ4n) is 2.62. The lowest BCUT2D eigenvalue weighted by atomic mass is 10.3. The van der Waals surface area contributed by atoms with Gasteiger partial charge in [-0.15, -0.1) is 0 Å². The van der Waals surface area contributed by atoms with Crippen molar-refractivity contribution < 1.29 is 14.3 Å². The predicted octanol–water partition coefficient (Wildman–Crippen LogP) is 3.31. The van der Waals surface area contributed by atoms with Crippen molar-refractivity contribution in [1.29, 1.82) is 0 Å². The van der Waals surface area contributed by atoms with Crippen LogP contribution in [-0.2, 0) is 11.3 Å². The van der Waals surface area contributed by atoms with Crippen molar-refractivity contribution in [2.24, 2.45) is 0 Å². The Morgan fingerprint density at radius 2 is 1.70 bits per heavy atom. The van der Waals surface area contributed by atoms with Crippen molar-refractivity contribution in [3.05, 3.63) is 72.6 Å². The number of likely N-dealkylation sites (N-methyl/N-ethyl adjacent to an activating group) is 1. The fraction of sp³-hybridized carbons (Fsp3) is 0.238. The third-order valence-corrected chi connectivity index (χ3v) is 4.00. The third kappa shape index (κ3) is 4.88. The highest BCUT2D eigenvalue weighted by Crippen LogP contribution is 2.26. The molecule has 0 saturated carbocycles. The van der Waals surface area contributed by atoms with Gasteiger partial charge in [-0.1, -0.05) is 30.3 Å². The minimum Gasteiger partial charge on any atom is -0.490 e. The predicted molar refractivity (Wildman–Crippen MR) is 103 cm³/mol. The van der Waals surface area contributed by atoms with E-state index in [1.807, 2.05) is 61.7 Å². The maximum atomic E-state index is 12.4. The van der Waals surface area contributed by atoms with Gasteiger partial charge >= 0.3 is 0 Å². The van der Waals surface area contributed by atoms with Crippen molar-refractivity contribution in [2.75, 3.05) is 20.3 Å². The van der Waals surface area contributed by atoms with Gasteiger partial charge in [-0.2, -0.15) is 5.10 Å². The van der Waals surface area contributed by atoms with E-state index in [9.17, 15) is 4.79 Å². The van der Waals surface area contributed by atoms with Crippen molar-refractivity contribution in [3.63, 3.8) is 0 Å². The molecule has 0 spiro atoms. The standard InChI is InChI=1S/C21H23N3O3/c1-3-26-19-11-7-8-12-20(19)27-16-21(25)23(2)14-17-13-22-24(15-17)18-9-5-4-6-10-18/h4-13,15H,3,14,16H2,1-2H3. The smallest absolute Gasteiger partial charge is 0.260 e. The van der Waals surface area contributed by atoms with E-state index in [0.717, 1.165) is 11.3 Å².